The van der Waals surface area contributed by atoms with Gasteiger partial charge in [0.05, 0.1) is 17.6 Å². The molecule has 0 bridgehead atoms. The standard InChI is InChI=1S/C30H39F3N4O3/c1-28(2,3)40-27(39)37-15-13-19(14-16-37)26(38)36(6)25(30(31,32)33)23-12-11-21(18-34-23)35-24-17-20-9-7-8-10-22(20)29(24,4)5/h7-12,18-19,24-25,35H,13-17H2,1-6H3/t24?,25-/m0/s1. The number of alkyl halides is 3. The maximum atomic E-state index is 14.3. The van der Waals surface area contributed by atoms with Crippen LogP contribution in [0.15, 0.2) is 42.6 Å². The number of nitrogens with zero attached hydrogens (tertiary/aromatic N) is 3. The molecule has 2 atom stereocenters. The van der Waals surface area contributed by atoms with Crippen molar-refractivity contribution in [1.29, 1.82) is 0 Å². The van der Waals surface area contributed by atoms with Crippen molar-refractivity contribution >= 4 is 17.7 Å². The average Bonchev–Trinajstić information content (AvgIpc) is 3.12. The summed E-state index contributed by atoms with van der Waals surface area (Å²) in [6.45, 7) is 10.1. The van der Waals surface area contributed by atoms with E-state index < -0.39 is 35.7 Å². The van der Waals surface area contributed by atoms with Crippen molar-refractivity contribution in [3.05, 3.63) is 59.4 Å². The fourth-order valence-corrected chi connectivity index (χ4v) is 5.71. The molecule has 1 unspecified atom stereocenters. The maximum absolute atomic E-state index is 14.3. The summed E-state index contributed by atoms with van der Waals surface area (Å²) < 4.78 is 48.2. The van der Waals surface area contributed by atoms with E-state index in [1.165, 1.54) is 35.3 Å². The Hall–Kier alpha value is -3.30. The summed E-state index contributed by atoms with van der Waals surface area (Å²) in [5.41, 5.74) is 2.08. The zero-order valence-corrected chi connectivity index (χ0v) is 24.0. The van der Waals surface area contributed by atoms with E-state index in [4.69, 9.17) is 4.74 Å². The number of carbonyl (C=O) groups excluding carboxylic acids is 2. The van der Waals surface area contributed by atoms with Gasteiger partial charge in [0, 0.05) is 37.5 Å². The molecule has 1 aliphatic heterocycles. The number of rotatable bonds is 5. The predicted octanol–water partition coefficient (Wildman–Crippen LogP) is 6.10. The van der Waals surface area contributed by atoms with Gasteiger partial charge in [-0.25, -0.2) is 4.79 Å². The fourth-order valence-electron chi connectivity index (χ4n) is 5.71. The molecular weight excluding hydrogens is 521 g/mol. The number of carbonyl (C=O) groups is 2. The van der Waals surface area contributed by atoms with Gasteiger partial charge in [0.2, 0.25) is 5.91 Å². The second-order valence-electron chi connectivity index (χ2n) is 12.4. The van der Waals surface area contributed by atoms with Crippen molar-refractivity contribution in [2.45, 2.75) is 83.2 Å². The second kappa shape index (κ2) is 10.9. The third-order valence-electron chi connectivity index (χ3n) is 7.96. The number of hydrogen-bond donors (Lipinski definition) is 1. The first-order valence-electron chi connectivity index (χ1n) is 13.7. The second-order valence-corrected chi connectivity index (χ2v) is 12.4. The van der Waals surface area contributed by atoms with Gasteiger partial charge in [-0.15, -0.1) is 0 Å². The topological polar surface area (TPSA) is 74.8 Å². The lowest BCUT2D eigenvalue weighted by Crippen LogP contribution is -2.47. The van der Waals surface area contributed by atoms with E-state index in [2.05, 4.69) is 36.3 Å². The van der Waals surface area contributed by atoms with E-state index in [-0.39, 0.29) is 43.1 Å². The molecule has 1 N–H and O–H groups in total. The number of ether oxygens (including phenoxy) is 1. The SMILES string of the molecule is CN(C(=O)C1CCN(C(=O)OC(C)(C)C)CC1)[C@@H](c1ccc(NC2Cc3ccccc3C2(C)C)cn1)C(F)(F)F. The van der Waals surface area contributed by atoms with Gasteiger partial charge in [0.15, 0.2) is 6.04 Å². The van der Waals surface area contributed by atoms with Gasteiger partial charge >= 0.3 is 12.3 Å². The largest absolute Gasteiger partial charge is 0.444 e. The number of pyridine rings is 1. The number of likely N-dealkylation sites (tertiary alicyclic amines) is 1. The number of fused-ring (bicyclic) bond motifs is 1. The molecule has 4 rings (SSSR count). The zero-order valence-electron chi connectivity index (χ0n) is 24.0. The minimum Gasteiger partial charge on any atom is -0.444 e. The van der Waals surface area contributed by atoms with Gasteiger partial charge in [0.1, 0.15) is 5.60 Å². The average molecular weight is 561 g/mol. The molecule has 2 heterocycles. The van der Waals surface area contributed by atoms with Crippen LogP contribution in [-0.4, -0.2) is 64.7 Å². The van der Waals surface area contributed by atoms with Crippen molar-refractivity contribution < 1.29 is 27.5 Å². The zero-order chi connectivity index (χ0) is 29.5. The van der Waals surface area contributed by atoms with E-state index in [1.54, 1.807) is 26.8 Å². The van der Waals surface area contributed by atoms with Crippen LogP contribution in [-0.2, 0) is 21.4 Å². The van der Waals surface area contributed by atoms with Crippen molar-refractivity contribution in [3.8, 4) is 0 Å². The summed E-state index contributed by atoms with van der Waals surface area (Å²) in [7, 11) is 1.17. The fraction of sp³-hybridized carbons (Fsp3) is 0.567. The van der Waals surface area contributed by atoms with Crippen LogP contribution in [0, 0.1) is 5.92 Å². The molecule has 2 aliphatic rings. The number of hydrogen-bond acceptors (Lipinski definition) is 5. The quantitative estimate of drug-likeness (QED) is 0.478. The number of amides is 2. The summed E-state index contributed by atoms with van der Waals surface area (Å²) in [5.74, 6) is -1.23. The monoisotopic (exact) mass is 560 g/mol. The van der Waals surface area contributed by atoms with E-state index in [9.17, 15) is 22.8 Å². The molecular formula is C30H39F3N4O3. The number of halogens is 3. The summed E-state index contributed by atoms with van der Waals surface area (Å²) in [6, 6.07) is 9.05. The normalized spacial score (nSPS) is 20.0. The van der Waals surface area contributed by atoms with Gasteiger partial charge in [-0.1, -0.05) is 38.1 Å². The molecule has 0 spiro atoms. The molecule has 10 heteroatoms. The molecule has 2 aromatic rings. The lowest BCUT2D eigenvalue weighted by Gasteiger charge is -2.36. The Balaban J connectivity index is 1.42. The van der Waals surface area contributed by atoms with E-state index in [0.29, 0.717) is 5.69 Å². The third kappa shape index (κ3) is 6.36. The van der Waals surface area contributed by atoms with Crippen molar-refractivity contribution in [3.63, 3.8) is 0 Å². The molecule has 218 valence electrons. The van der Waals surface area contributed by atoms with Crippen molar-refractivity contribution in [2.24, 2.45) is 5.92 Å². The number of benzene rings is 1. The van der Waals surface area contributed by atoms with E-state index in [0.717, 1.165) is 11.3 Å². The number of aromatic nitrogens is 1. The molecule has 1 saturated heterocycles. The first-order valence-corrected chi connectivity index (χ1v) is 13.7. The van der Waals surface area contributed by atoms with Crippen LogP contribution in [0.4, 0.5) is 23.7 Å². The smallest absolute Gasteiger partial charge is 0.414 e. The van der Waals surface area contributed by atoms with Crippen LogP contribution >= 0.6 is 0 Å². The van der Waals surface area contributed by atoms with Gasteiger partial charge in [0.25, 0.3) is 0 Å². The Morgan fingerprint density at radius 3 is 2.30 bits per heavy atom. The van der Waals surface area contributed by atoms with Crippen LogP contribution in [0.25, 0.3) is 0 Å². The first kappa shape index (κ1) is 29.7. The van der Waals surface area contributed by atoms with Crippen LogP contribution < -0.4 is 5.32 Å². The van der Waals surface area contributed by atoms with Crippen LogP contribution in [0.3, 0.4) is 0 Å². The van der Waals surface area contributed by atoms with Gasteiger partial charge in [-0.2, -0.15) is 13.2 Å². The molecule has 0 radical (unpaired) electrons. The number of nitrogens with one attached hydrogen (secondary N) is 1. The van der Waals surface area contributed by atoms with Crippen LogP contribution in [0.5, 0.6) is 0 Å². The summed E-state index contributed by atoms with van der Waals surface area (Å²) in [5, 5.41) is 3.45. The van der Waals surface area contributed by atoms with Crippen LogP contribution in [0.1, 0.15) is 70.3 Å². The summed E-state index contributed by atoms with van der Waals surface area (Å²) in [4.78, 5) is 31.9. The molecule has 2 amide bonds. The summed E-state index contributed by atoms with van der Waals surface area (Å²) in [6.07, 6.45) is -2.45. The minimum atomic E-state index is -4.71. The molecule has 0 saturated carbocycles. The Kier molecular flexibility index (Phi) is 8.11. The highest BCUT2D eigenvalue weighted by Gasteiger charge is 2.47. The Morgan fingerprint density at radius 1 is 1.10 bits per heavy atom. The van der Waals surface area contributed by atoms with E-state index in [1.807, 2.05) is 12.1 Å². The highest BCUT2D eigenvalue weighted by atomic mass is 19.4. The van der Waals surface area contributed by atoms with Gasteiger partial charge < -0.3 is 19.9 Å². The third-order valence-corrected chi connectivity index (χ3v) is 7.96. The Labute approximate surface area is 234 Å². The maximum Gasteiger partial charge on any atom is 0.414 e. The van der Waals surface area contributed by atoms with Crippen molar-refractivity contribution in [2.75, 3.05) is 25.5 Å². The highest BCUT2D eigenvalue weighted by molar-refractivity contribution is 5.79. The predicted molar refractivity (Wildman–Crippen MR) is 147 cm³/mol. The van der Waals surface area contributed by atoms with Crippen LogP contribution in [0.2, 0.25) is 0 Å². The first-order chi connectivity index (χ1) is 18.6. The minimum absolute atomic E-state index is 0.0618. The number of anilines is 1. The van der Waals surface area contributed by atoms with Gasteiger partial charge in [-0.05, 0) is 63.3 Å². The highest BCUT2D eigenvalue weighted by Crippen LogP contribution is 2.41. The molecule has 7 nitrogen and oxygen atoms in total. The lowest BCUT2D eigenvalue weighted by atomic mass is 9.83. The summed E-state index contributed by atoms with van der Waals surface area (Å²) >= 11 is 0. The number of piperidine rings is 1. The lowest BCUT2D eigenvalue weighted by molar-refractivity contribution is -0.191. The van der Waals surface area contributed by atoms with E-state index >= 15 is 0 Å². The Morgan fingerprint density at radius 2 is 1.75 bits per heavy atom. The molecule has 1 aliphatic carbocycles. The molecule has 1 aromatic heterocycles. The Bertz CT molecular complexity index is 1220. The molecule has 40 heavy (non-hydrogen) atoms. The molecule has 1 fully saturated rings. The van der Waals surface area contributed by atoms with Gasteiger partial charge in [-0.3, -0.25) is 9.78 Å². The molecule has 1 aromatic carbocycles. The van der Waals surface area contributed by atoms with Crippen molar-refractivity contribution in [1.82, 2.24) is 14.8 Å².